The van der Waals surface area contributed by atoms with Crippen LogP contribution in [0.5, 0.6) is 0 Å². The van der Waals surface area contributed by atoms with Crippen molar-refractivity contribution in [2.24, 2.45) is 5.73 Å². The number of nitrogens with zero attached hydrogens (tertiary/aromatic N) is 1. The number of hydrogen-bond donors (Lipinski definition) is 1. The van der Waals surface area contributed by atoms with E-state index in [1.807, 2.05) is 4.90 Å². The van der Waals surface area contributed by atoms with Crippen molar-refractivity contribution in [3.8, 4) is 0 Å². The summed E-state index contributed by atoms with van der Waals surface area (Å²) in [6.07, 6.45) is 1.88. The number of morpholine rings is 1. The van der Waals surface area contributed by atoms with Crippen LogP contribution in [0.4, 0.5) is 0 Å². The maximum Gasteiger partial charge on any atom is 0.235 e. The molecule has 0 radical (unpaired) electrons. The Kier molecular flexibility index (Phi) is 4.05. The van der Waals surface area contributed by atoms with Gasteiger partial charge in [0.25, 0.3) is 0 Å². The van der Waals surface area contributed by atoms with Crippen LogP contribution in [0.3, 0.4) is 0 Å². The van der Waals surface area contributed by atoms with Crippen molar-refractivity contribution in [3.05, 3.63) is 0 Å². The fourth-order valence-corrected chi connectivity index (χ4v) is 3.38. The van der Waals surface area contributed by atoms with Gasteiger partial charge in [-0.05, 0) is 18.6 Å². The van der Waals surface area contributed by atoms with Crippen molar-refractivity contribution < 1.29 is 9.53 Å². The molecule has 0 aromatic carbocycles. The SMILES string of the molecule is NC(=S)C1CN(C(=O)C2CCCS2)CCO1. The van der Waals surface area contributed by atoms with Gasteiger partial charge >= 0.3 is 0 Å². The molecular weight excluding hydrogens is 244 g/mol. The average molecular weight is 260 g/mol. The van der Waals surface area contributed by atoms with Gasteiger partial charge in [-0.1, -0.05) is 12.2 Å². The fraction of sp³-hybridized carbons (Fsp3) is 0.800. The topological polar surface area (TPSA) is 55.6 Å². The fourth-order valence-electron chi connectivity index (χ4n) is 2.00. The number of rotatable bonds is 2. The normalized spacial score (nSPS) is 30.4. The van der Waals surface area contributed by atoms with Gasteiger partial charge in [0.1, 0.15) is 11.1 Å². The molecule has 2 fully saturated rings. The summed E-state index contributed by atoms with van der Waals surface area (Å²) >= 11 is 6.66. The number of nitrogens with two attached hydrogens (primary N) is 1. The van der Waals surface area contributed by atoms with Gasteiger partial charge < -0.3 is 15.4 Å². The zero-order chi connectivity index (χ0) is 11.5. The molecule has 4 nitrogen and oxygen atoms in total. The highest BCUT2D eigenvalue weighted by Crippen LogP contribution is 2.28. The Balaban J connectivity index is 1.93. The number of thioether (sulfide) groups is 1. The summed E-state index contributed by atoms with van der Waals surface area (Å²) in [6, 6.07) is 0. The first-order chi connectivity index (χ1) is 7.68. The zero-order valence-electron chi connectivity index (χ0n) is 9.05. The van der Waals surface area contributed by atoms with Gasteiger partial charge in [-0.2, -0.15) is 0 Å². The summed E-state index contributed by atoms with van der Waals surface area (Å²) in [5, 5.41) is 0.144. The van der Waals surface area contributed by atoms with Crippen LogP contribution in [0.15, 0.2) is 0 Å². The molecule has 1 amide bonds. The second-order valence-corrected chi connectivity index (χ2v) is 5.83. The molecule has 0 spiro atoms. The smallest absolute Gasteiger partial charge is 0.235 e. The molecule has 0 saturated carbocycles. The van der Waals surface area contributed by atoms with Gasteiger partial charge in [-0.15, -0.1) is 11.8 Å². The van der Waals surface area contributed by atoms with Crippen LogP contribution >= 0.6 is 24.0 Å². The summed E-state index contributed by atoms with van der Waals surface area (Å²) in [6.45, 7) is 1.71. The van der Waals surface area contributed by atoms with Crippen LogP contribution < -0.4 is 5.73 Å². The minimum atomic E-state index is -0.265. The molecule has 2 unspecified atom stereocenters. The van der Waals surface area contributed by atoms with Gasteiger partial charge in [0.05, 0.1) is 18.4 Å². The van der Waals surface area contributed by atoms with Gasteiger partial charge in [0.15, 0.2) is 0 Å². The summed E-state index contributed by atoms with van der Waals surface area (Å²) in [5.41, 5.74) is 5.55. The molecule has 0 aliphatic carbocycles. The maximum atomic E-state index is 12.1. The summed E-state index contributed by atoms with van der Waals surface area (Å²) < 4.78 is 5.42. The van der Waals surface area contributed by atoms with Crippen LogP contribution in [-0.4, -0.2) is 52.6 Å². The third kappa shape index (κ3) is 2.67. The zero-order valence-corrected chi connectivity index (χ0v) is 10.7. The largest absolute Gasteiger partial charge is 0.391 e. The van der Waals surface area contributed by atoms with Gasteiger partial charge in [0.2, 0.25) is 5.91 Å². The molecule has 2 aliphatic rings. The Morgan fingerprint density at radius 2 is 2.38 bits per heavy atom. The van der Waals surface area contributed by atoms with Crippen molar-refractivity contribution in [2.45, 2.75) is 24.2 Å². The van der Waals surface area contributed by atoms with Gasteiger partial charge in [0, 0.05) is 6.54 Å². The summed E-state index contributed by atoms with van der Waals surface area (Å²) in [7, 11) is 0. The molecule has 0 bridgehead atoms. The Morgan fingerprint density at radius 3 is 3.00 bits per heavy atom. The highest BCUT2D eigenvalue weighted by atomic mass is 32.2. The molecule has 2 atom stereocenters. The quantitative estimate of drug-likeness (QED) is 0.728. The van der Waals surface area contributed by atoms with E-state index in [1.165, 1.54) is 0 Å². The second-order valence-electron chi connectivity index (χ2n) is 4.05. The predicted octanol–water partition coefficient (Wildman–Crippen LogP) is 0.395. The molecule has 0 aromatic rings. The number of thiocarbonyl (C=S) groups is 1. The lowest BCUT2D eigenvalue weighted by Crippen LogP contribution is -2.51. The number of carbonyl (C=O) groups excluding carboxylic acids is 1. The lowest BCUT2D eigenvalue weighted by molar-refractivity contribution is -0.136. The minimum absolute atomic E-state index is 0.144. The molecule has 16 heavy (non-hydrogen) atoms. The summed E-state index contributed by atoms with van der Waals surface area (Å²) in [4.78, 5) is 14.3. The van der Waals surface area contributed by atoms with Crippen molar-refractivity contribution in [2.75, 3.05) is 25.4 Å². The minimum Gasteiger partial charge on any atom is -0.391 e. The number of amides is 1. The molecule has 2 N–H and O–H groups in total. The Bertz CT molecular complexity index is 293. The third-order valence-corrected chi connectivity index (χ3v) is 4.53. The standard InChI is InChI=1S/C10H16N2O2S2/c11-9(15)7-6-12(3-4-14-7)10(13)8-2-1-5-16-8/h7-8H,1-6H2,(H2,11,15). The summed E-state index contributed by atoms with van der Waals surface area (Å²) in [5.74, 6) is 1.33. The maximum absolute atomic E-state index is 12.1. The molecule has 2 saturated heterocycles. The van der Waals surface area contributed by atoms with Gasteiger partial charge in [-0.3, -0.25) is 4.79 Å². The van der Waals surface area contributed by atoms with E-state index < -0.39 is 0 Å². The van der Waals surface area contributed by atoms with E-state index in [9.17, 15) is 4.79 Å². The van der Waals surface area contributed by atoms with Gasteiger partial charge in [-0.25, -0.2) is 0 Å². The predicted molar refractivity (Wildman–Crippen MR) is 68.6 cm³/mol. The third-order valence-electron chi connectivity index (χ3n) is 2.90. The van der Waals surface area contributed by atoms with E-state index in [0.717, 1.165) is 18.6 Å². The van der Waals surface area contributed by atoms with E-state index in [1.54, 1.807) is 11.8 Å². The van der Waals surface area contributed by atoms with Crippen LogP contribution in [0, 0.1) is 0 Å². The first kappa shape index (κ1) is 12.1. The average Bonchev–Trinajstić information content (AvgIpc) is 2.81. The molecule has 0 aromatic heterocycles. The highest BCUT2D eigenvalue weighted by molar-refractivity contribution is 8.00. The monoisotopic (exact) mass is 260 g/mol. The Labute approximate surface area is 105 Å². The van der Waals surface area contributed by atoms with Crippen LogP contribution in [0.25, 0.3) is 0 Å². The lowest BCUT2D eigenvalue weighted by atomic mass is 10.2. The van der Waals surface area contributed by atoms with Crippen LogP contribution in [0.2, 0.25) is 0 Å². The molecule has 90 valence electrons. The number of hydrogen-bond acceptors (Lipinski definition) is 4. The molecule has 2 heterocycles. The van der Waals surface area contributed by atoms with E-state index >= 15 is 0 Å². The molecule has 2 aliphatic heterocycles. The Morgan fingerprint density at radius 1 is 1.56 bits per heavy atom. The molecule has 6 heteroatoms. The van der Waals surface area contributed by atoms with E-state index in [-0.39, 0.29) is 17.3 Å². The first-order valence-corrected chi connectivity index (χ1v) is 6.95. The Hall–Kier alpha value is -0.330. The molecular formula is C10H16N2O2S2. The van der Waals surface area contributed by atoms with E-state index in [2.05, 4.69) is 0 Å². The van der Waals surface area contributed by atoms with Crippen molar-refractivity contribution in [1.82, 2.24) is 4.90 Å². The highest BCUT2D eigenvalue weighted by Gasteiger charge is 2.32. The van der Waals surface area contributed by atoms with Crippen molar-refractivity contribution >= 4 is 34.9 Å². The van der Waals surface area contributed by atoms with Crippen molar-refractivity contribution in [3.63, 3.8) is 0 Å². The molecule has 2 rings (SSSR count). The van der Waals surface area contributed by atoms with Crippen molar-refractivity contribution in [1.29, 1.82) is 0 Å². The van der Waals surface area contributed by atoms with E-state index in [0.29, 0.717) is 24.7 Å². The van der Waals surface area contributed by atoms with E-state index in [4.69, 9.17) is 22.7 Å². The van der Waals surface area contributed by atoms with Crippen LogP contribution in [-0.2, 0) is 9.53 Å². The second kappa shape index (κ2) is 5.33. The first-order valence-electron chi connectivity index (χ1n) is 5.50. The number of carbonyl (C=O) groups is 1. The van der Waals surface area contributed by atoms with Crippen LogP contribution in [0.1, 0.15) is 12.8 Å². The lowest BCUT2D eigenvalue weighted by Gasteiger charge is -2.33. The number of ether oxygens (including phenoxy) is 1.